The number of halogens is 1. The molecule has 0 amide bonds. The van der Waals surface area contributed by atoms with Crippen molar-refractivity contribution < 1.29 is 8.42 Å². The van der Waals surface area contributed by atoms with Gasteiger partial charge in [-0.15, -0.1) is 5.10 Å². The van der Waals surface area contributed by atoms with E-state index in [1.807, 2.05) is 20.8 Å². The van der Waals surface area contributed by atoms with Gasteiger partial charge < -0.3 is 0 Å². The van der Waals surface area contributed by atoms with E-state index in [-0.39, 0.29) is 4.90 Å². The van der Waals surface area contributed by atoms with Gasteiger partial charge in [0, 0.05) is 10.7 Å². The van der Waals surface area contributed by atoms with Crippen molar-refractivity contribution in [2.45, 2.75) is 38.5 Å². The molecule has 0 bridgehead atoms. The Morgan fingerprint density at radius 2 is 1.90 bits per heavy atom. The number of hydrogen-bond acceptors (Lipinski definition) is 5. The van der Waals surface area contributed by atoms with Crippen LogP contribution in [0.2, 0.25) is 0 Å². The molecule has 0 fully saturated rings. The van der Waals surface area contributed by atoms with Crippen molar-refractivity contribution in [3.63, 3.8) is 0 Å². The van der Waals surface area contributed by atoms with E-state index in [4.69, 9.17) is 10.7 Å². The number of aryl methyl sites for hydroxylation is 2. The summed E-state index contributed by atoms with van der Waals surface area (Å²) in [7, 11) is 1.69. The molecule has 0 radical (unpaired) electrons. The molecule has 0 aliphatic carbocycles. The molecular formula is C12H15ClN4O2S. The maximum Gasteiger partial charge on any atom is 0.265 e. The second-order valence-corrected chi connectivity index (χ2v) is 6.81. The van der Waals surface area contributed by atoms with Gasteiger partial charge in [0.1, 0.15) is 4.90 Å². The van der Waals surface area contributed by atoms with Gasteiger partial charge in [0.2, 0.25) is 0 Å². The lowest BCUT2D eigenvalue weighted by Gasteiger charge is -2.05. The van der Waals surface area contributed by atoms with E-state index in [1.165, 1.54) is 4.68 Å². The molecule has 0 unspecified atom stereocenters. The molecule has 2 heterocycles. The summed E-state index contributed by atoms with van der Waals surface area (Å²) in [6, 6.07) is 3.54. The van der Waals surface area contributed by atoms with Gasteiger partial charge in [-0.1, -0.05) is 13.8 Å². The lowest BCUT2D eigenvalue weighted by atomic mass is 10.2. The van der Waals surface area contributed by atoms with Crippen LogP contribution in [0, 0.1) is 6.92 Å². The van der Waals surface area contributed by atoms with Gasteiger partial charge >= 0.3 is 0 Å². The second-order valence-electron chi connectivity index (χ2n) is 4.31. The molecule has 0 aliphatic heterocycles. The summed E-state index contributed by atoms with van der Waals surface area (Å²) in [4.78, 5) is 0.0894. The van der Waals surface area contributed by atoms with E-state index in [1.54, 1.807) is 12.1 Å². The number of nitrogens with zero attached hydrogens (tertiary/aromatic N) is 4. The van der Waals surface area contributed by atoms with E-state index in [9.17, 15) is 8.42 Å². The molecule has 6 nitrogen and oxygen atoms in total. The smallest absolute Gasteiger partial charge is 0.216 e. The molecule has 0 saturated heterocycles. The SMILES string of the molecule is CCc1nn(-c2ccc(C)nn2)c(CC)c1S(=O)(=O)Cl. The average Bonchev–Trinajstić information content (AvgIpc) is 2.78. The Hall–Kier alpha value is -1.47. The fourth-order valence-corrected chi connectivity index (χ4v) is 3.52. The van der Waals surface area contributed by atoms with Crippen LogP contribution in [-0.4, -0.2) is 28.4 Å². The summed E-state index contributed by atoms with van der Waals surface area (Å²) in [6.45, 7) is 5.51. The van der Waals surface area contributed by atoms with Gasteiger partial charge in [-0.2, -0.15) is 10.2 Å². The Kier molecular flexibility index (Phi) is 4.10. The lowest BCUT2D eigenvalue weighted by molar-refractivity contribution is 0.607. The Morgan fingerprint density at radius 1 is 1.20 bits per heavy atom. The van der Waals surface area contributed by atoms with Crippen LogP contribution < -0.4 is 0 Å². The molecular weight excluding hydrogens is 300 g/mol. The predicted molar refractivity (Wildman–Crippen MR) is 75.7 cm³/mol. The first-order valence-corrected chi connectivity index (χ1v) is 8.55. The van der Waals surface area contributed by atoms with Gasteiger partial charge in [0.15, 0.2) is 5.82 Å². The van der Waals surface area contributed by atoms with Crippen LogP contribution >= 0.6 is 10.7 Å². The number of rotatable bonds is 4. The molecule has 8 heteroatoms. The minimum absolute atomic E-state index is 0.0894. The van der Waals surface area contributed by atoms with Crippen molar-refractivity contribution in [1.29, 1.82) is 0 Å². The van der Waals surface area contributed by atoms with Gasteiger partial charge in [-0.3, -0.25) is 0 Å². The standard InChI is InChI=1S/C12H15ClN4O2S/c1-4-9-12(20(13,18)19)10(5-2)17(16-9)11-7-6-8(3)14-15-11/h6-7H,4-5H2,1-3H3. The molecule has 0 aliphatic rings. The van der Waals surface area contributed by atoms with Crippen molar-refractivity contribution in [3.05, 3.63) is 29.2 Å². The van der Waals surface area contributed by atoms with Crippen LogP contribution in [0.25, 0.3) is 5.82 Å². The van der Waals surface area contributed by atoms with E-state index < -0.39 is 9.05 Å². The second kappa shape index (κ2) is 5.49. The van der Waals surface area contributed by atoms with Gasteiger partial charge in [-0.05, 0) is 31.9 Å². The molecule has 20 heavy (non-hydrogen) atoms. The normalized spacial score (nSPS) is 11.8. The summed E-state index contributed by atoms with van der Waals surface area (Å²) in [5.74, 6) is 0.480. The summed E-state index contributed by atoms with van der Waals surface area (Å²) in [6.07, 6.45) is 0.949. The molecule has 108 valence electrons. The highest BCUT2D eigenvalue weighted by Crippen LogP contribution is 2.27. The minimum atomic E-state index is -3.84. The molecule has 2 rings (SSSR count). The van der Waals surface area contributed by atoms with Gasteiger partial charge in [-0.25, -0.2) is 13.1 Å². The third-order valence-electron chi connectivity index (χ3n) is 2.91. The van der Waals surface area contributed by atoms with Crippen molar-refractivity contribution in [2.24, 2.45) is 0 Å². The fraction of sp³-hybridized carbons (Fsp3) is 0.417. The Morgan fingerprint density at radius 3 is 2.35 bits per heavy atom. The van der Waals surface area contributed by atoms with E-state index in [2.05, 4.69) is 15.3 Å². The number of aromatic nitrogens is 4. The Labute approximate surface area is 122 Å². The van der Waals surface area contributed by atoms with Gasteiger partial charge in [0.25, 0.3) is 9.05 Å². The molecule has 0 N–H and O–H groups in total. The molecule has 0 saturated carbocycles. The Bertz CT molecular complexity index is 723. The first-order valence-electron chi connectivity index (χ1n) is 6.24. The van der Waals surface area contributed by atoms with E-state index >= 15 is 0 Å². The van der Waals surface area contributed by atoms with Crippen molar-refractivity contribution in [2.75, 3.05) is 0 Å². The van der Waals surface area contributed by atoms with Crippen LogP contribution in [-0.2, 0) is 21.9 Å². The zero-order valence-corrected chi connectivity index (χ0v) is 13.0. The van der Waals surface area contributed by atoms with Crippen LogP contribution in [0.4, 0.5) is 0 Å². The van der Waals surface area contributed by atoms with Crippen molar-refractivity contribution in [3.8, 4) is 5.82 Å². The highest BCUT2D eigenvalue weighted by atomic mass is 35.7. The highest BCUT2D eigenvalue weighted by molar-refractivity contribution is 8.13. The van der Waals surface area contributed by atoms with Crippen LogP contribution in [0.3, 0.4) is 0 Å². The topological polar surface area (TPSA) is 77.7 Å². The predicted octanol–water partition coefficient (Wildman–Crippen LogP) is 2.02. The molecule has 2 aromatic rings. The van der Waals surface area contributed by atoms with E-state index in [0.717, 1.165) is 5.69 Å². The zero-order chi connectivity index (χ0) is 14.9. The average molecular weight is 315 g/mol. The maximum absolute atomic E-state index is 11.8. The van der Waals surface area contributed by atoms with E-state index in [0.29, 0.717) is 30.0 Å². The summed E-state index contributed by atoms with van der Waals surface area (Å²) in [5.41, 5.74) is 1.74. The lowest BCUT2D eigenvalue weighted by Crippen LogP contribution is -2.06. The minimum Gasteiger partial charge on any atom is -0.216 e. The number of hydrogen-bond donors (Lipinski definition) is 0. The third-order valence-corrected chi connectivity index (χ3v) is 4.34. The zero-order valence-electron chi connectivity index (χ0n) is 11.5. The largest absolute Gasteiger partial charge is 0.265 e. The van der Waals surface area contributed by atoms with Crippen LogP contribution in [0.1, 0.15) is 30.9 Å². The molecule has 0 aromatic carbocycles. The third kappa shape index (κ3) is 2.69. The van der Waals surface area contributed by atoms with Gasteiger partial charge in [0.05, 0.1) is 17.1 Å². The van der Waals surface area contributed by atoms with Crippen LogP contribution in [0.15, 0.2) is 17.0 Å². The summed E-state index contributed by atoms with van der Waals surface area (Å²) < 4.78 is 25.0. The van der Waals surface area contributed by atoms with Crippen molar-refractivity contribution >= 4 is 19.7 Å². The molecule has 2 aromatic heterocycles. The quantitative estimate of drug-likeness (QED) is 0.807. The summed E-state index contributed by atoms with van der Waals surface area (Å²) in [5, 5.41) is 12.3. The first kappa shape index (κ1) is 14.9. The van der Waals surface area contributed by atoms with Crippen molar-refractivity contribution in [1.82, 2.24) is 20.0 Å². The monoisotopic (exact) mass is 314 g/mol. The fourth-order valence-electron chi connectivity index (χ4n) is 2.01. The first-order chi connectivity index (χ1) is 9.38. The van der Waals surface area contributed by atoms with Crippen LogP contribution in [0.5, 0.6) is 0 Å². The highest BCUT2D eigenvalue weighted by Gasteiger charge is 2.26. The molecule has 0 atom stereocenters. The Balaban J connectivity index is 2.72. The summed E-state index contributed by atoms with van der Waals surface area (Å²) >= 11 is 0. The maximum atomic E-state index is 11.8. The molecule has 0 spiro atoms.